The van der Waals surface area contributed by atoms with Crippen molar-refractivity contribution in [2.75, 3.05) is 6.61 Å². The van der Waals surface area contributed by atoms with Crippen molar-refractivity contribution in [1.82, 2.24) is 0 Å². The van der Waals surface area contributed by atoms with Gasteiger partial charge in [-0.3, -0.25) is 9.59 Å². The smallest absolute Gasteiger partial charge is 0.331 e. The number of benzene rings is 3. The highest BCUT2D eigenvalue weighted by Gasteiger charge is 2.56. The second-order valence-electron chi connectivity index (χ2n) is 7.51. The van der Waals surface area contributed by atoms with Crippen molar-refractivity contribution in [3.05, 3.63) is 108 Å². The van der Waals surface area contributed by atoms with Crippen LogP contribution in [-0.4, -0.2) is 22.7 Å². The lowest BCUT2D eigenvalue weighted by molar-refractivity contribution is -0.148. The van der Waals surface area contributed by atoms with E-state index in [-0.39, 0.29) is 12.4 Å². The molecule has 1 aliphatic rings. The summed E-state index contributed by atoms with van der Waals surface area (Å²) in [4.78, 5) is 27.3. The molecule has 0 saturated carbocycles. The first-order valence-corrected chi connectivity index (χ1v) is 11.2. The van der Waals surface area contributed by atoms with Crippen LogP contribution in [0, 0.1) is 0 Å². The first-order valence-electron chi connectivity index (χ1n) is 10.4. The SMILES string of the molecule is CCOC(=O)C1(Br)C(=O)C(c2ccccc2)=C(c2ccccc2)CC1c1ccccc1. The van der Waals surface area contributed by atoms with E-state index in [0.29, 0.717) is 12.0 Å². The summed E-state index contributed by atoms with van der Waals surface area (Å²) in [7, 11) is 0. The Labute approximate surface area is 190 Å². The molecule has 2 unspecified atom stereocenters. The molecule has 0 radical (unpaired) electrons. The van der Waals surface area contributed by atoms with Gasteiger partial charge in [-0.25, -0.2) is 0 Å². The number of ketones is 1. The van der Waals surface area contributed by atoms with Gasteiger partial charge in [-0.1, -0.05) is 107 Å². The number of carbonyl (C=O) groups excluding carboxylic acids is 2. The normalized spacial score (nSPS) is 21.1. The van der Waals surface area contributed by atoms with Crippen LogP contribution in [0.1, 0.15) is 36.0 Å². The molecule has 3 nitrogen and oxygen atoms in total. The lowest BCUT2D eigenvalue weighted by Crippen LogP contribution is -2.50. The molecule has 0 aliphatic heterocycles. The number of Topliss-reactive ketones (excluding diaryl/α,β-unsaturated/α-hetero) is 1. The van der Waals surface area contributed by atoms with Gasteiger partial charge >= 0.3 is 5.97 Å². The average Bonchev–Trinajstić information content (AvgIpc) is 2.82. The Morgan fingerprint density at radius 2 is 1.42 bits per heavy atom. The number of carbonyl (C=O) groups is 2. The molecule has 0 amide bonds. The number of ether oxygens (including phenoxy) is 1. The van der Waals surface area contributed by atoms with Gasteiger partial charge in [0.25, 0.3) is 0 Å². The van der Waals surface area contributed by atoms with Gasteiger partial charge in [0, 0.05) is 11.5 Å². The van der Waals surface area contributed by atoms with Gasteiger partial charge in [0.2, 0.25) is 0 Å². The Balaban J connectivity index is 1.99. The number of hydrogen-bond donors (Lipinski definition) is 0. The summed E-state index contributed by atoms with van der Waals surface area (Å²) < 4.78 is 3.91. The van der Waals surface area contributed by atoms with Gasteiger partial charge < -0.3 is 4.74 Å². The number of allylic oxidation sites excluding steroid dienone is 2. The van der Waals surface area contributed by atoms with Gasteiger partial charge in [0.05, 0.1) is 6.61 Å². The summed E-state index contributed by atoms with van der Waals surface area (Å²) in [5.74, 6) is -1.21. The molecule has 4 rings (SSSR count). The quantitative estimate of drug-likeness (QED) is 0.256. The highest BCUT2D eigenvalue weighted by atomic mass is 79.9. The molecule has 0 fully saturated rings. The Kier molecular flexibility index (Phi) is 6.19. The van der Waals surface area contributed by atoms with Crippen molar-refractivity contribution in [3.8, 4) is 0 Å². The molecule has 156 valence electrons. The van der Waals surface area contributed by atoms with Crippen molar-refractivity contribution >= 4 is 38.8 Å². The summed E-state index contributed by atoms with van der Waals surface area (Å²) in [6, 6.07) is 29.2. The molecule has 0 saturated heterocycles. The number of hydrogen-bond acceptors (Lipinski definition) is 3. The van der Waals surface area contributed by atoms with Crippen molar-refractivity contribution in [3.63, 3.8) is 0 Å². The number of rotatable bonds is 5. The number of alkyl halides is 1. The van der Waals surface area contributed by atoms with Gasteiger partial charge in [-0.05, 0) is 35.6 Å². The average molecular weight is 475 g/mol. The van der Waals surface area contributed by atoms with Crippen LogP contribution in [0.4, 0.5) is 0 Å². The second-order valence-corrected chi connectivity index (χ2v) is 8.77. The molecular weight excluding hydrogens is 452 g/mol. The van der Waals surface area contributed by atoms with Crippen molar-refractivity contribution in [2.45, 2.75) is 23.6 Å². The zero-order valence-corrected chi connectivity index (χ0v) is 18.8. The van der Waals surface area contributed by atoms with Crippen LogP contribution in [0.15, 0.2) is 91.0 Å². The molecule has 0 aromatic heterocycles. The Morgan fingerprint density at radius 1 is 0.903 bits per heavy atom. The number of esters is 1. The predicted molar refractivity (Wildman–Crippen MR) is 127 cm³/mol. The minimum Gasteiger partial charge on any atom is -0.465 e. The molecule has 3 aromatic carbocycles. The summed E-state index contributed by atoms with van der Waals surface area (Å²) >= 11 is 3.61. The second kappa shape index (κ2) is 9.03. The molecule has 3 aromatic rings. The molecule has 0 heterocycles. The molecule has 31 heavy (non-hydrogen) atoms. The van der Waals surface area contributed by atoms with Crippen LogP contribution in [0.3, 0.4) is 0 Å². The highest BCUT2D eigenvalue weighted by molar-refractivity contribution is 9.10. The fourth-order valence-corrected chi connectivity index (χ4v) is 4.98. The summed E-state index contributed by atoms with van der Waals surface area (Å²) in [6.45, 7) is 1.96. The Hall–Kier alpha value is -2.98. The molecule has 1 aliphatic carbocycles. The lowest BCUT2D eigenvalue weighted by Gasteiger charge is -2.39. The Bertz CT molecular complexity index is 1110. The minimum atomic E-state index is -1.49. The zero-order chi connectivity index (χ0) is 21.8. The predicted octanol–water partition coefficient (Wildman–Crippen LogP) is 6.05. The molecule has 0 spiro atoms. The largest absolute Gasteiger partial charge is 0.465 e. The van der Waals surface area contributed by atoms with E-state index < -0.39 is 16.2 Å². The first-order chi connectivity index (χ1) is 15.1. The molecule has 0 N–H and O–H groups in total. The van der Waals surface area contributed by atoms with Gasteiger partial charge in [0.15, 0.2) is 10.1 Å². The van der Waals surface area contributed by atoms with Crippen LogP contribution in [0.5, 0.6) is 0 Å². The van der Waals surface area contributed by atoms with Crippen LogP contribution in [-0.2, 0) is 14.3 Å². The third-order valence-corrected chi connectivity index (χ3v) is 6.94. The summed E-state index contributed by atoms with van der Waals surface area (Å²) in [6.07, 6.45) is 0.522. The van der Waals surface area contributed by atoms with Crippen molar-refractivity contribution in [1.29, 1.82) is 0 Å². The third kappa shape index (κ3) is 3.88. The summed E-state index contributed by atoms with van der Waals surface area (Å²) in [5.41, 5.74) is 4.19. The van der Waals surface area contributed by atoms with E-state index >= 15 is 0 Å². The van der Waals surface area contributed by atoms with Crippen molar-refractivity contribution < 1.29 is 14.3 Å². The molecule has 2 atom stereocenters. The fourth-order valence-electron chi connectivity index (χ4n) is 4.24. The Morgan fingerprint density at radius 3 is 1.97 bits per heavy atom. The highest BCUT2D eigenvalue weighted by Crippen LogP contribution is 2.52. The molecular formula is C27H23BrO3. The van der Waals surface area contributed by atoms with Gasteiger partial charge in [0.1, 0.15) is 0 Å². The first kappa shape index (κ1) is 21.3. The van der Waals surface area contributed by atoms with Gasteiger partial charge in [-0.2, -0.15) is 0 Å². The van der Waals surface area contributed by atoms with Crippen LogP contribution in [0.2, 0.25) is 0 Å². The lowest BCUT2D eigenvalue weighted by atomic mass is 9.69. The maximum Gasteiger partial charge on any atom is 0.331 e. The zero-order valence-electron chi connectivity index (χ0n) is 17.3. The standard InChI is InChI=1S/C27H23BrO3/c1-2-31-26(30)27(28)23(20-14-8-4-9-15-20)18-22(19-12-6-3-7-13-19)24(25(27)29)21-16-10-5-11-17-21/h3-17,23H,2,18H2,1H3. The van der Waals surface area contributed by atoms with Gasteiger partial charge in [-0.15, -0.1) is 0 Å². The maximum absolute atomic E-state index is 14.1. The minimum absolute atomic E-state index is 0.205. The third-order valence-electron chi connectivity index (χ3n) is 5.71. The van der Waals surface area contributed by atoms with Crippen LogP contribution in [0.25, 0.3) is 11.1 Å². The van der Waals surface area contributed by atoms with E-state index in [0.717, 1.165) is 22.3 Å². The topological polar surface area (TPSA) is 43.4 Å². The summed E-state index contributed by atoms with van der Waals surface area (Å²) in [5, 5.41) is 0. The van der Waals surface area contributed by atoms with Crippen molar-refractivity contribution in [2.24, 2.45) is 0 Å². The van der Waals surface area contributed by atoms with E-state index in [4.69, 9.17) is 4.74 Å². The van der Waals surface area contributed by atoms with E-state index in [9.17, 15) is 9.59 Å². The van der Waals surface area contributed by atoms with E-state index in [2.05, 4.69) is 15.9 Å². The molecule has 0 bridgehead atoms. The fraction of sp³-hybridized carbons (Fsp3) is 0.185. The molecule has 4 heteroatoms. The monoisotopic (exact) mass is 474 g/mol. The van der Waals surface area contributed by atoms with Crippen LogP contribution < -0.4 is 0 Å². The number of halogens is 1. The van der Waals surface area contributed by atoms with E-state index in [1.807, 2.05) is 91.0 Å². The maximum atomic E-state index is 14.1. The van der Waals surface area contributed by atoms with E-state index in [1.54, 1.807) is 6.92 Å². The van der Waals surface area contributed by atoms with E-state index in [1.165, 1.54) is 0 Å². The van der Waals surface area contributed by atoms with Crippen LogP contribution >= 0.6 is 15.9 Å².